The number of benzene rings is 2. The highest BCUT2D eigenvalue weighted by Gasteiger charge is 2.32. The number of rotatable bonds is 8. The van der Waals surface area contributed by atoms with E-state index in [1.165, 1.54) is 18.9 Å². The number of aryl methyl sites for hydroxylation is 1. The average Bonchev–Trinajstić information content (AvgIpc) is 3.06. The van der Waals surface area contributed by atoms with Gasteiger partial charge in [0.25, 0.3) is 0 Å². The first kappa shape index (κ1) is 37.5. The summed E-state index contributed by atoms with van der Waals surface area (Å²) in [4.78, 5) is 80.7. The molecule has 0 aliphatic carbocycles. The molecule has 1 aliphatic rings. The van der Waals surface area contributed by atoms with Crippen LogP contribution < -0.4 is 31.3 Å². The highest BCUT2D eigenvalue weighted by molar-refractivity contribution is 5.96. The largest absolute Gasteiger partial charge is 0.496 e. The lowest BCUT2D eigenvalue weighted by Crippen LogP contribution is -2.59. The second kappa shape index (κ2) is 18.4. The van der Waals surface area contributed by atoms with E-state index in [9.17, 15) is 28.8 Å². The molecule has 2 aromatic carbocycles. The molecule has 3 rings (SSSR count). The van der Waals surface area contributed by atoms with E-state index in [1.807, 2.05) is 48.5 Å². The smallest absolute Gasteiger partial charge is 0.245 e. The van der Waals surface area contributed by atoms with Crippen LogP contribution in [0.15, 0.2) is 54.6 Å². The number of carbonyl (C=O) groups excluding carboxylic acids is 6. The van der Waals surface area contributed by atoms with Crippen LogP contribution in [0.25, 0.3) is 0 Å². The molecular formula is C35H48N6O7. The molecule has 1 heterocycles. The fraction of sp³-hybridized carbons (Fsp3) is 0.486. The number of amides is 6. The number of methoxy groups -OCH3 is 1. The van der Waals surface area contributed by atoms with Crippen molar-refractivity contribution in [3.8, 4) is 5.75 Å². The Kier molecular flexibility index (Phi) is 14.4. The third-order valence-corrected chi connectivity index (χ3v) is 8.11. The summed E-state index contributed by atoms with van der Waals surface area (Å²) in [5.74, 6) is -2.71. The molecule has 1 saturated heterocycles. The van der Waals surface area contributed by atoms with E-state index in [1.54, 1.807) is 27.0 Å². The first-order valence-corrected chi connectivity index (χ1v) is 16.3. The van der Waals surface area contributed by atoms with Crippen LogP contribution in [-0.4, -0.2) is 91.8 Å². The van der Waals surface area contributed by atoms with E-state index in [0.717, 1.165) is 11.1 Å². The molecule has 0 radical (unpaired) electrons. The minimum absolute atomic E-state index is 0.0905. The van der Waals surface area contributed by atoms with Gasteiger partial charge in [0.1, 0.15) is 29.9 Å². The SMILES string of the molecule is COc1ccccc1CCC(=O)N[C@H]1CCCNC(=O)CN(C)C(=O)[C@H](Cc2ccccc2)NC(=O)[C@@H](C)NC(=O)[C@@H](C(C)C)NC1=O. The zero-order chi connectivity index (χ0) is 35.2. The molecule has 0 spiro atoms. The Morgan fingerprint density at radius 2 is 1.62 bits per heavy atom. The number of nitrogens with one attached hydrogen (secondary N) is 5. The standard InChI is InChI=1S/C35H48N6O7/c1-22(2)31-34(46)37-23(3)32(44)39-27(20-24-12-7-6-8-13-24)35(47)41(4)21-30(43)36-19-11-15-26(33(45)40-31)38-29(42)18-17-25-14-9-10-16-28(25)48-5/h6-10,12-14,16,22-23,26-27,31H,11,15,17-21H2,1-5H3,(H,36,43)(H,37,46)(H,38,42)(H,39,44)(H,40,45)/t23-,26+,27+,31-/m1/s1. The van der Waals surface area contributed by atoms with Gasteiger partial charge in [-0.05, 0) is 49.3 Å². The molecule has 4 atom stereocenters. The van der Waals surface area contributed by atoms with Gasteiger partial charge in [-0.15, -0.1) is 0 Å². The topological polar surface area (TPSA) is 175 Å². The van der Waals surface area contributed by atoms with E-state index < -0.39 is 53.7 Å². The minimum Gasteiger partial charge on any atom is -0.496 e. The van der Waals surface area contributed by atoms with Crippen molar-refractivity contribution in [1.82, 2.24) is 31.5 Å². The highest BCUT2D eigenvalue weighted by Crippen LogP contribution is 2.19. The van der Waals surface area contributed by atoms with Gasteiger partial charge in [0.2, 0.25) is 35.4 Å². The molecule has 0 saturated carbocycles. The van der Waals surface area contributed by atoms with Crippen molar-refractivity contribution in [2.75, 3.05) is 27.2 Å². The van der Waals surface area contributed by atoms with Gasteiger partial charge in [-0.25, -0.2) is 0 Å². The average molecular weight is 665 g/mol. The zero-order valence-corrected chi connectivity index (χ0v) is 28.3. The Morgan fingerprint density at radius 1 is 0.938 bits per heavy atom. The first-order chi connectivity index (χ1) is 22.9. The van der Waals surface area contributed by atoms with Crippen molar-refractivity contribution in [1.29, 1.82) is 0 Å². The molecule has 260 valence electrons. The molecular weight excluding hydrogens is 616 g/mol. The second-order valence-corrected chi connectivity index (χ2v) is 12.3. The van der Waals surface area contributed by atoms with Crippen LogP contribution in [-0.2, 0) is 41.6 Å². The van der Waals surface area contributed by atoms with Gasteiger partial charge in [0.05, 0.1) is 13.7 Å². The van der Waals surface area contributed by atoms with Crippen LogP contribution in [0.2, 0.25) is 0 Å². The highest BCUT2D eigenvalue weighted by atomic mass is 16.5. The Morgan fingerprint density at radius 3 is 2.31 bits per heavy atom. The maximum absolute atomic E-state index is 13.5. The molecule has 6 amide bonds. The Balaban J connectivity index is 1.79. The van der Waals surface area contributed by atoms with Gasteiger partial charge in [0, 0.05) is 26.4 Å². The fourth-order valence-electron chi connectivity index (χ4n) is 5.35. The van der Waals surface area contributed by atoms with Gasteiger partial charge in [-0.1, -0.05) is 62.4 Å². The Bertz CT molecular complexity index is 1430. The van der Waals surface area contributed by atoms with Crippen LogP contribution in [0.5, 0.6) is 5.75 Å². The van der Waals surface area contributed by atoms with Crippen LogP contribution in [0.3, 0.4) is 0 Å². The molecule has 48 heavy (non-hydrogen) atoms. The Hall–Kier alpha value is -4.94. The van der Waals surface area contributed by atoms with Crippen LogP contribution in [0.4, 0.5) is 0 Å². The molecule has 1 fully saturated rings. The molecule has 5 N–H and O–H groups in total. The number of hydrogen-bond donors (Lipinski definition) is 5. The number of hydrogen-bond acceptors (Lipinski definition) is 7. The maximum atomic E-state index is 13.5. The number of ether oxygens (including phenoxy) is 1. The van der Waals surface area contributed by atoms with E-state index in [4.69, 9.17) is 4.74 Å². The van der Waals surface area contributed by atoms with Crippen molar-refractivity contribution in [3.63, 3.8) is 0 Å². The summed E-state index contributed by atoms with van der Waals surface area (Å²) in [5.41, 5.74) is 1.65. The third-order valence-electron chi connectivity index (χ3n) is 8.11. The summed E-state index contributed by atoms with van der Waals surface area (Å²) in [6.45, 7) is 4.91. The lowest BCUT2D eigenvalue weighted by molar-refractivity contribution is -0.139. The zero-order valence-electron chi connectivity index (χ0n) is 28.3. The van der Waals surface area contributed by atoms with Gasteiger partial charge in [0.15, 0.2) is 0 Å². The van der Waals surface area contributed by atoms with Crippen LogP contribution >= 0.6 is 0 Å². The summed E-state index contributed by atoms with van der Waals surface area (Å²) in [7, 11) is 3.03. The maximum Gasteiger partial charge on any atom is 0.245 e. The molecule has 2 aromatic rings. The monoisotopic (exact) mass is 664 g/mol. The molecule has 1 aliphatic heterocycles. The molecule has 0 aromatic heterocycles. The van der Waals surface area contributed by atoms with E-state index in [0.29, 0.717) is 18.6 Å². The fourth-order valence-corrected chi connectivity index (χ4v) is 5.35. The lowest BCUT2D eigenvalue weighted by atomic mass is 10.0. The summed E-state index contributed by atoms with van der Waals surface area (Å²) in [5, 5.41) is 13.7. The number of carbonyl (C=O) groups is 6. The predicted octanol–water partition coefficient (Wildman–Crippen LogP) is 0.854. The predicted molar refractivity (Wildman–Crippen MR) is 180 cm³/mol. The van der Waals surface area contributed by atoms with Gasteiger partial charge in [-0.2, -0.15) is 0 Å². The summed E-state index contributed by atoms with van der Waals surface area (Å²) < 4.78 is 5.37. The normalized spacial score (nSPS) is 22.0. The molecule has 13 nitrogen and oxygen atoms in total. The van der Waals surface area contributed by atoms with Gasteiger partial charge >= 0.3 is 0 Å². The van der Waals surface area contributed by atoms with Crippen molar-refractivity contribution in [2.24, 2.45) is 5.92 Å². The van der Waals surface area contributed by atoms with Crippen molar-refractivity contribution in [3.05, 3.63) is 65.7 Å². The van der Waals surface area contributed by atoms with Gasteiger partial charge < -0.3 is 36.2 Å². The summed E-state index contributed by atoms with van der Waals surface area (Å²) >= 11 is 0. The second-order valence-electron chi connectivity index (χ2n) is 12.3. The molecule has 13 heteroatoms. The van der Waals surface area contributed by atoms with Crippen molar-refractivity contribution in [2.45, 2.75) is 77.0 Å². The Labute approximate surface area is 281 Å². The first-order valence-electron chi connectivity index (χ1n) is 16.3. The molecule has 0 unspecified atom stereocenters. The van der Waals surface area contributed by atoms with E-state index >= 15 is 0 Å². The summed E-state index contributed by atoms with van der Waals surface area (Å²) in [6.07, 6.45) is 1.15. The number of para-hydroxylation sites is 1. The van der Waals surface area contributed by atoms with Gasteiger partial charge in [-0.3, -0.25) is 28.8 Å². The summed E-state index contributed by atoms with van der Waals surface area (Å²) in [6, 6.07) is 12.4. The van der Waals surface area contributed by atoms with Crippen molar-refractivity contribution >= 4 is 35.4 Å². The number of likely N-dealkylation sites (N-methyl/N-ethyl adjacent to an activating group) is 1. The number of nitrogens with zero attached hydrogens (tertiary/aromatic N) is 1. The third kappa shape index (κ3) is 11.4. The van der Waals surface area contributed by atoms with Crippen molar-refractivity contribution < 1.29 is 33.5 Å². The van der Waals surface area contributed by atoms with Crippen LogP contribution in [0.1, 0.15) is 51.2 Å². The van der Waals surface area contributed by atoms with E-state index in [2.05, 4.69) is 26.6 Å². The van der Waals surface area contributed by atoms with Crippen LogP contribution in [0, 0.1) is 5.92 Å². The van der Waals surface area contributed by atoms with E-state index in [-0.39, 0.29) is 44.2 Å². The quantitative estimate of drug-likeness (QED) is 0.278. The lowest BCUT2D eigenvalue weighted by Gasteiger charge is -2.28. The molecule has 0 bridgehead atoms. The minimum atomic E-state index is -1.06.